The van der Waals surface area contributed by atoms with Crippen LogP contribution in [-0.4, -0.2) is 16.8 Å². The van der Waals surface area contributed by atoms with Crippen molar-refractivity contribution in [2.45, 2.75) is 22.4 Å². The number of carbonyl (C=O) groups excluding carboxylic acids is 1. The molecule has 3 nitrogen and oxygen atoms in total. The fourth-order valence-corrected chi connectivity index (χ4v) is 3.20. The quantitative estimate of drug-likeness (QED) is 0.643. The predicted octanol–water partition coefficient (Wildman–Crippen LogP) is 2.74. The molecule has 2 rings (SSSR count). The van der Waals surface area contributed by atoms with Crippen molar-refractivity contribution in [1.29, 1.82) is 0 Å². The fraction of sp³-hybridized carbons (Fsp3) is 0.364. The molecule has 1 atom stereocenters. The fourth-order valence-electron chi connectivity index (χ4n) is 1.56. The minimum atomic E-state index is -0.587. The van der Waals surface area contributed by atoms with Gasteiger partial charge in [-0.05, 0) is 19.1 Å². The third-order valence-electron chi connectivity index (χ3n) is 2.19. The van der Waals surface area contributed by atoms with Gasteiger partial charge in [0.25, 0.3) is 0 Å². The Morgan fingerprint density at radius 2 is 2.31 bits per heavy atom. The molecule has 0 spiro atoms. The van der Waals surface area contributed by atoms with E-state index in [1.54, 1.807) is 18.7 Å². The largest absolute Gasteiger partial charge is 0.466 e. The number of thiol groups is 1. The van der Waals surface area contributed by atoms with E-state index in [-0.39, 0.29) is 12.4 Å². The zero-order valence-corrected chi connectivity index (χ0v) is 10.6. The van der Waals surface area contributed by atoms with E-state index in [0.717, 1.165) is 10.6 Å². The Balaban J connectivity index is 2.06. The van der Waals surface area contributed by atoms with Crippen LogP contribution in [0.4, 0.5) is 5.69 Å². The Labute approximate surface area is 104 Å². The molecule has 0 saturated carbocycles. The first-order chi connectivity index (χ1) is 7.63. The number of carbonyl (C=O) groups is 1. The van der Waals surface area contributed by atoms with Crippen LogP contribution in [-0.2, 0) is 9.53 Å². The maximum atomic E-state index is 11.4. The second kappa shape index (κ2) is 4.59. The van der Waals surface area contributed by atoms with E-state index in [0.29, 0.717) is 6.61 Å². The molecule has 0 aromatic heterocycles. The molecule has 0 saturated heterocycles. The SMILES string of the molecule is CCOC(=O)CC1(S)Nc2ccccc2S1. The zero-order valence-electron chi connectivity index (χ0n) is 8.90. The molecule has 1 aliphatic heterocycles. The van der Waals surface area contributed by atoms with Crippen LogP contribution in [0.15, 0.2) is 29.2 Å². The second-order valence-electron chi connectivity index (χ2n) is 3.49. The summed E-state index contributed by atoms with van der Waals surface area (Å²) in [5.41, 5.74) is 1.02. The molecule has 1 aliphatic rings. The molecule has 0 bridgehead atoms. The summed E-state index contributed by atoms with van der Waals surface area (Å²) in [6, 6.07) is 7.91. The lowest BCUT2D eigenvalue weighted by molar-refractivity contribution is -0.143. The van der Waals surface area contributed by atoms with E-state index >= 15 is 0 Å². The van der Waals surface area contributed by atoms with E-state index in [4.69, 9.17) is 4.74 Å². The first-order valence-corrected chi connectivity index (χ1v) is 6.33. The molecule has 1 aromatic rings. The summed E-state index contributed by atoms with van der Waals surface area (Å²) in [5.74, 6) is -0.231. The molecule has 86 valence electrons. The average Bonchev–Trinajstić information content (AvgIpc) is 2.53. The van der Waals surface area contributed by atoms with Crippen molar-refractivity contribution in [3.8, 4) is 0 Å². The number of nitrogens with one attached hydrogen (secondary N) is 1. The first kappa shape index (κ1) is 11.7. The molecule has 16 heavy (non-hydrogen) atoms. The molecule has 0 amide bonds. The van der Waals surface area contributed by atoms with E-state index < -0.39 is 4.20 Å². The van der Waals surface area contributed by atoms with Crippen LogP contribution in [0.25, 0.3) is 0 Å². The number of fused-ring (bicyclic) bond motifs is 1. The number of rotatable bonds is 3. The lowest BCUT2D eigenvalue weighted by Crippen LogP contribution is -2.28. The summed E-state index contributed by atoms with van der Waals surface area (Å²) in [6.07, 6.45) is 0.239. The molecule has 1 aromatic carbocycles. The van der Waals surface area contributed by atoms with Gasteiger partial charge >= 0.3 is 5.97 Å². The monoisotopic (exact) mass is 255 g/mol. The van der Waals surface area contributed by atoms with Gasteiger partial charge in [-0.3, -0.25) is 4.79 Å². The van der Waals surface area contributed by atoms with Gasteiger partial charge in [0.05, 0.1) is 13.0 Å². The normalized spacial score (nSPS) is 22.4. The molecule has 0 aliphatic carbocycles. The van der Waals surface area contributed by atoms with Gasteiger partial charge in [0.15, 0.2) is 0 Å². The van der Waals surface area contributed by atoms with Gasteiger partial charge < -0.3 is 10.1 Å². The number of ether oxygens (including phenoxy) is 1. The van der Waals surface area contributed by atoms with Crippen molar-refractivity contribution < 1.29 is 9.53 Å². The summed E-state index contributed by atoms with van der Waals surface area (Å²) < 4.78 is 4.34. The smallest absolute Gasteiger partial charge is 0.309 e. The number of hydrogen-bond donors (Lipinski definition) is 2. The summed E-state index contributed by atoms with van der Waals surface area (Å²) in [6.45, 7) is 2.20. The van der Waals surface area contributed by atoms with Crippen LogP contribution in [0.2, 0.25) is 0 Å². The highest BCUT2D eigenvalue weighted by Gasteiger charge is 2.36. The summed E-state index contributed by atoms with van der Waals surface area (Å²) in [4.78, 5) is 12.5. The number of hydrogen-bond acceptors (Lipinski definition) is 5. The lowest BCUT2D eigenvalue weighted by Gasteiger charge is -2.21. The van der Waals surface area contributed by atoms with E-state index in [9.17, 15) is 4.79 Å². The van der Waals surface area contributed by atoms with Crippen LogP contribution in [0.3, 0.4) is 0 Å². The van der Waals surface area contributed by atoms with Gasteiger partial charge in [-0.15, -0.1) is 12.6 Å². The van der Waals surface area contributed by atoms with Gasteiger partial charge in [0.2, 0.25) is 0 Å². The maximum absolute atomic E-state index is 11.4. The van der Waals surface area contributed by atoms with Crippen molar-refractivity contribution in [2.75, 3.05) is 11.9 Å². The van der Waals surface area contributed by atoms with E-state index in [1.165, 1.54) is 0 Å². The van der Waals surface area contributed by atoms with Crippen LogP contribution in [0.5, 0.6) is 0 Å². The first-order valence-electron chi connectivity index (χ1n) is 5.07. The highest BCUT2D eigenvalue weighted by atomic mass is 32.2. The van der Waals surface area contributed by atoms with Gasteiger partial charge in [-0.25, -0.2) is 0 Å². The summed E-state index contributed by atoms with van der Waals surface area (Å²) in [7, 11) is 0. The highest BCUT2D eigenvalue weighted by molar-refractivity contribution is 8.12. The number of para-hydroxylation sites is 1. The van der Waals surface area contributed by atoms with Crippen LogP contribution in [0, 0.1) is 0 Å². The second-order valence-corrected chi connectivity index (χ2v) is 5.90. The molecule has 0 radical (unpaired) electrons. The molecule has 1 heterocycles. The van der Waals surface area contributed by atoms with Gasteiger partial charge in [0, 0.05) is 10.6 Å². The van der Waals surface area contributed by atoms with Crippen molar-refractivity contribution >= 4 is 36.0 Å². The zero-order chi connectivity index (χ0) is 11.6. The van der Waals surface area contributed by atoms with Crippen LogP contribution in [0.1, 0.15) is 13.3 Å². The predicted molar refractivity (Wildman–Crippen MR) is 68.9 cm³/mol. The van der Waals surface area contributed by atoms with Crippen LogP contribution < -0.4 is 5.32 Å². The Kier molecular flexibility index (Phi) is 3.35. The van der Waals surface area contributed by atoms with Crippen molar-refractivity contribution in [1.82, 2.24) is 0 Å². The molecular weight excluding hydrogens is 242 g/mol. The molecular formula is C11H13NO2S2. The van der Waals surface area contributed by atoms with Gasteiger partial charge in [0.1, 0.15) is 4.20 Å². The maximum Gasteiger partial charge on any atom is 0.309 e. The Hall–Kier alpha value is -0.810. The number of esters is 1. The molecule has 0 fully saturated rings. The molecule has 1 N–H and O–H groups in total. The molecule has 1 unspecified atom stereocenters. The Morgan fingerprint density at radius 3 is 3.00 bits per heavy atom. The Morgan fingerprint density at radius 1 is 1.56 bits per heavy atom. The van der Waals surface area contributed by atoms with Crippen LogP contribution >= 0.6 is 24.4 Å². The van der Waals surface area contributed by atoms with Gasteiger partial charge in [-0.2, -0.15) is 0 Å². The standard InChI is InChI=1S/C11H13NO2S2/c1-2-14-10(13)7-11(15)12-8-5-3-4-6-9(8)16-11/h3-6,12,15H,2,7H2,1H3. The summed E-state index contributed by atoms with van der Waals surface area (Å²) >= 11 is 6.05. The van der Waals surface area contributed by atoms with Crippen molar-refractivity contribution in [3.05, 3.63) is 24.3 Å². The number of thioether (sulfide) groups is 1. The van der Waals surface area contributed by atoms with Crippen molar-refractivity contribution in [2.24, 2.45) is 0 Å². The number of benzene rings is 1. The lowest BCUT2D eigenvalue weighted by atomic mass is 10.3. The van der Waals surface area contributed by atoms with Gasteiger partial charge in [-0.1, -0.05) is 23.9 Å². The highest BCUT2D eigenvalue weighted by Crippen LogP contribution is 2.49. The van der Waals surface area contributed by atoms with Crippen molar-refractivity contribution in [3.63, 3.8) is 0 Å². The topological polar surface area (TPSA) is 38.3 Å². The summed E-state index contributed by atoms with van der Waals surface area (Å²) in [5, 5.41) is 3.23. The minimum Gasteiger partial charge on any atom is -0.466 e. The van der Waals surface area contributed by atoms with E-state index in [1.807, 2.05) is 24.3 Å². The third kappa shape index (κ3) is 2.47. The minimum absolute atomic E-state index is 0.231. The molecule has 5 heteroatoms. The Bertz CT molecular complexity index is 384. The van der Waals surface area contributed by atoms with E-state index in [2.05, 4.69) is 17.9 Å². The third-order valence-corrected chi connectivity index (χ3v) is 3.89. The average molecular weight is 255 g/mol. The number of anilines is 1.